The van der Waals surface area contributed by atoms with Crippen molar-refractivity contribution in [2.24, 2.45) is 11.8 Å². The van der Waals surface area contributed by atoms with E-state index in [1.54, 1.807) is 0 Å². The lowest BCUT2D eigenvalue weighted by Crippen LogP contribution is -2.50. The molecule has 4 nitrogen and oxygen atoms in total. The molecule has 1 aliphatic rings. The van der Waals surface area contributed by atoms with Gasteiger partial charge >= 0.3 is 0 Å². The van der Waals surface area contributed by atoms with Gasteiger partial charge in [0, 0.05) is 32.8 Å². The summed E-state index contributed by atoms with van der Waals surface area (Å²) in [5.41, 5.74) is 0. The van der Waals surface area contributed by atoms with E-state index in [9.17, 15) is 4.79 Å². The zero-order valence-corrected chi connectivity index (χ0v) is 9.71. The Morgan fingerprint density at radius 1 is 1.53 bits per heavy atom. The number of amides is 1. The molecule has 15 heavy (non-hydrogen) atoms. The molecule has 0 aliphatic carbocycles. The third-order valence-corrected chi connectivity index (χ3v) is 2.37. The zero-order valence-electron chi connectivity index (χ0n) is 9.71. The summed E-state index contributed by atoms with van der Waals surface area (Å²) in [5.74, 6) is 0.958. The molecule has 1 amide bonds. The van der Waals surface area contributed by atoms with Crippen molar-refractivity contribution in [2.75, 3.05) is 32.8 Å². The van der Waals surface area contributed by atoms with Gasteiger partial charge in [0.25, 0.3) is 0 Å². The Labute approximate surface area is 91.8 Å². The van der Waals surface area contributed by atoms with Crippen LogP contribution in [0.3, 0.4) is 0 Å². The first-order valence-electron chi connectivity index (χ1n) is 5.76. The summed E-state index contributed by atoms with van der Waals surface area (Å²) in [6.07, 6.45) is 0.901. The number of rotatable bonds is 7. The molecule has 0 atom stereocenters. The average Bonchev–Trinajstić information content (AvgIpc) is 2.07. The summed E-state index contributed by atoms with van der Waals surface area (Å²) in [4.78, 5) is 11.4. The third kappa shape index (κ3) is 5.14. The van der Waals surface area contributed by atoms with Gasteiger partial charge in [0.05, 0.1) is 5.92 Å². The van der Waals surface area contributed by atoms with E-state index in [2.05, 4.69) is 24.5 Å². The molecule has 0 aromatic carbocycles. The highest BCUT2D eigenvalue weighted by molar-refractivity contribution is 5.79. The van der Waals surface area contributed by atoms with Gasteiger partial charge in [-0.25, -0.2) is 0 Å². The van der Waals surface area contributed by atoms with Crippen molar-refractivity contribution in [1.82, 2.24) is 10.6 Å². The summed E-state index contributed by atoms with van der Waals surface area (Å²) in [6, 6.07) is 0. The maximum absolute atomic E-state index is 11.4. The Hall–Kier alpha value is -0.610. The van der Waals surface area contributed by atoms with E-state index in [1.165, 1.54) is 0 Å². The SMILES string of the molecule is CC(C)COCCCNC(=O)C1CNC1. The number of hydrogen-bond acceptors (Lipinski definition) is 3. The summed E-state index contributed by atoms with van der Waals surface area (Å²) in [5, 5.41) is 5.99. The zero-order chi connectivity index (χ0) is 11.1. The van der Waals surface area contributed by atoms with Crippen molar-refractivity contribution in [2.45, 2.75) is 20.3 Å². The van der Waals surface area contributed by atoms with Gasteiger partial charge < -0.3 is 15.4 Å². The van der Waals surface area contributed by atoms with Crippen LogP contribution in [0.1, 0.15) is 20.3 Å². The molecule has 0 aromatic rings. The first-order chi connectivity index (χ1) is 7.20. The van der Waals surface area contributed by atoms with E-state index in [4.69, 9.17) is 4.74 Å². The van der Waals surface area contributed by atoms with E-state index < -0.39 is 0 Å². The lowest BCUT2D eigenvalue weighted by Gasteiger charge is -2.25. The molecule has 1 heterocycles. The van der Waals surface area contributed by atoms with Crippen molar-refractivity contribution in [3.05, 3.63) is 0 Å². The molecule has 0 aromatic heterocycles. The van der Waals surface area contributed by atoms with Gasteiger partial charge in [-0.2, -0.15) is 0 Å². The Kier molecular flexibility index (Phi) is 5.65. The monoisotopic (exact) mass is 214 g/mol. The van der Waals surface area contributed by atoms with Crippen molar-refractivity contribution < 1.29 is 9.53 Å². The number of carbonyl (C=O) groups excluding carboxylic acids is 1. The van der Waals surface area contributed by atoms with Crippen LogP contribution in [0.5, 0.6) is 0 Å². The molecule has 0 saturated carbocycles. The second-order valence-electron chi connectivity index (χ2n) is 4.47. The molecule has 1 fully saturated rings. The van der Waals surface area contributed by atoms with Crippen LogP contribution in [0, 0.1) is 11.8 Å². The normalized spacial score (nSPS) is 16.5. The Bertz CT molecular complexity index is 191. The van der Waals surface area contributed by atoms with E-state index in [0.29, 0.717) is 5.92 Å². The van der Waals surface area contributed by atoms with E-state index >= 15 is 0 Å². The van der Waals surface area contributed by atoms with Gasteiger partial charge in [0.1, 0.15) is 0 Å². The minimum Gasteiger partial charge on any atom is -0.381 e. The molecule has 0 unspecified atom stereocenters. The van der Waals surface area contributed by atoms with Crippen molar-refractivity contribution in [3.8, 4) is 0 Å². The number of nitrogens with one attached hydrogen (secondary N) is 2. The molecule has 1 saturated heterocycles. The maximum atomic E-state index is 11.4. The van der Waals surface area contributed by atoms with Crippen molar-refractivity contribution >= 4 is 5.91 Å². The summed E-state index contributed by atoms with van der Waals surface area (Å²) in [7, 11) is 0. The smallest absolute Gasteiger partial charge is 0.225 e. The molecule has 4 heteroatoms. The predicted molar refractivity (Wildman–Crippen MR) is 59.6 cm³/mol. The molecular formula is C11H22N2O2. The standard InChI is InChI=1S/C11H22N2O2/c1-9(2)8-15-5-3-4-13-11(14)10-6-12-7-10/h9-10,12H,3-8H2,1-2H3,(H,13,14). The highest BCUT2D eigenvalue weighted by Gasteiger charge is 2.23. The third-order valence-electron chi connectivity index (χ3n) is 2.37. The minimum atomic E-state index is 0.178. The van der Waals surface area contributed by atoms with Gasteiger partial charge in [-0.1, -0.05) is 13.8 Å². The highest BCUT2D eigenvalue weighted by atomic mass is 16.5. The fourth-order valence-corrected chi connectivity index (χ4v) is 1.32. The molecule has 0 spiro atoms. The first kappa shape index (κ1) is 12.5. The molecule has 88 valence electrons. The largest absolute Gasteiger partial charge is 0.381 e. The van der Waals surface area contributed by atoms with E-state index in [0.717, 1.165) is 39.3 Å². The van der Waals surface area contributed by atoms with Crippen LogP contribution >= 0.6 is 0 Å². The number of ether oxygens (including phenoxy) is 1. The Morgan fingerprint density at radius 3 is 2.80 bits per heavy atom. The predicted octanol–water partition coefficient (Wildman–Crippen LogP) is 0.385. The molecule has 1 aliphatic heterocycles. The van der Waals surface area contributed by atoms with Gasteiger partial charge in [0.2, 0.25) is 5.91 Å². The Morgan fingerprint density at radius 2 is 2.27 bits per heavy atom. The quantitative estimate of drug-likeness (QED) is 0.603. The van der Waals surface area contributed by atoms with Crippen LogP contribution in [-0.4, -0.2) is 38.8 Å². The lowest BCUT2D eigenvalue weighted by molar-refractivity contribution is -0.126. The fourth-order valence-electron chi connectivity index (χ4n) is 1.32. The van der Waals surface area contributed by atoms with Crippen LogP contribution in [0.15, 0.2) is 0 Å². The highest BCUT2D eigenvalue weighted by Crippen LogP contribution is 2.01. The van der Waals surface area contributed by atoms with Crippen LogP contribution in [0.4, 0.5) is 0 Å². The first-order valence-corrected chi connectivity index (χ1v) is 5.76. The van der Waals surface area contributed by atoms with Crippen molar-refractivity contribution in [1.29, 1.82) is 0 Å². The topological polar surface area (TPSA) is 50.4 Å². The number of hydrogen-bond donors (Lipinski definition) is 2. The van der Waals surface area contributed by atoms with Gasteiger partial charge in [-0.15, -0.1) is 0 Å². The fraction of sp³-hybridized carbons (Fsp3) is 0.909. The van der Waals surface area contributed by atoms with Crippen LogP contribution in [-0.2, 0) is 9.53 Å². The molecular weight excluding hydrogens is 192 g/mol. The second-order valence-corrected chi connectivity index (χ2v) is 4.47. The molecule has 0 radical (unpaired) electrons. The molecule has 2 N–H and O–H groups in total. The van der Waals surface area contributed by atoms with Crippen LogP contribution in [0.2, 0.25) is 0 Å². The van der Waals surface area contributed by atoms with Gasteiger partial charge in [0.15, 0.2) is 0 Å². The van der Waals surface area contributed by atoms with E-state index in [-0.39, 0.29) is 11.8 Å². The average molecular weight is 214 g/mol. The molecule has 1 rings (SSSR count). The molecule has 0 bridgehead atoms. The summed E-state index contributed by atoms with van der Waals surface area (Å²) >= 11 is 0. The maximum Gasteiger partial charge on any atom is 0.225 e. The summed E-state index contributed by atoms with van der Waals surface area (Å²) in [6.45, 7) is 8.19. The summed E-state index contributed by atoms with van der Waals surface area (Å²) < 4.78 is 5.41. The lowest BCUT2D eigenvalue weighted by atomic mass is 10.0. The van der Waals surface area contributed by atoms with E-state index in [1.807, 2.05) is 0 Å². The minimum absolute atomic E-state index is 0.178. The van der Waals surface area contributed by atoms with Gasteiger partial charge in [-0.3, -0.25) is 4.79 Å². The Balaban J connectivity index is 1.86. The van der Waals surface area contributed by atoms with Crippen LogP contribution in [0.25, 0.3) is 0 Å². The van der Waals surface area contributed by atoms with Crippen LogP contribution < -0.4 is 10.6 Å². The second kappa shape index (κ2) is 6.80. The van der Waals surface area contributed by atoms with Crippen molar-refractivity contribution in [3.63, 3.8) is 0 Å². The number of carbonyl (C=O) groups is 1. The van der Waals surface area contributed by atoms with Gasteiger partial charge in [-0.05, 0) is 12.3 Å².